The van der Waals surface area contributed by atoms with Gasteiger partial charge in [0.1, 0.15) is 5.69 Å². The van der Waals surface area contributed by atoms with E-state index in [4.69, 9.17) is 4.74 Å². The lowest BCUT2D eigenvalue weighted by Crippen LogP contribution is -2.28. The van der Waals surface area contributed by atoms with Gasteiger partial charge in [-0.1, -0.05) is 32.0 Å². The summed E-state index contributed by atoms with van der Waals surface area (Å²) in [6, 6.07) is 15.1. The van der Waals surface area contributed by atoms with Crippen LogP contribution in [0.4, 0.5) is 11.6 Å². The molecule has 0 saturated carbocycles. The summed E-state index contributed by atoms with van der Waals surface area (Å²) in [5, 5.41) is 2.93. The maximum atomic E-state index is 13.0. The largest absolute Gasteiger partial charge is 0.477 e. The van der Waals surface area contributed by atoms with Gasteiger partial charge >= 0.3 is 0 Å². The third-order valence-corrected chi connectivity index (χ3v) is 4.80. The van der Waals surface area contributed by atoms with Crippen molar-refractivity contribution in [3.8, 4) is 5.88 Å². The van der Waals surface area contributed by atoms with Crippen molar-refractivity contribution < 1.29 is 9.53 Å². The van der Waals surface area contributed by atoms with Gasteiger partial charge < -0.3 is 15.0 Å². The van der Waals surface area contributed by atoms with Gasteiger partial charge in [-0.05, 0) is 49.6 Å². The smallest absolute Gasteiger partial charge is 0.274 e. The molecule has 7 nitrogen and oxygen atoms in total. The second-order valence-corrected chi connectivity index (χ2v) is 7.62. The molecule has 0 spiro atoms. The standard InChI is InChI=1S/C25H31N5O2/c1-4-14-30(15-5-2)25-28-22(24(31)27-21-11-8-9-19(3)17-21)18-23(29-25)32-16-12-20-10-6-7-13-26-20/h6-11,13,17-18H,4-5,12,14-16H2,1-3H3,(H,27,31). The predicted octanol–water partition coefficient (Wildman–Crippen LogP) is 4.68. The summed E-state index contributed by atoms with van der Waals surface area (Å²) in [7, 11) is 0. The van der Waals surface area contributed by atoms with E-state index in [2.05, 4.69) is 39.0 Å². The molecule has 3 rings (SSSR count). The molecular weight excluding hydrogens is 402 g/mol. The van der Waals surface area contributed by atoms with Crippen LogP contribution >= 0.6 is 0 Å². The van der Waals surface area contributed by atoms with Gasteiger partial charge in [0.05, 0.1) is 6.61 Å². The van der Waals surface area contributed by atoms with E-state index < -0.39 is 0 Å². The maximum absolute atomic E-state index is 13.0. The monoisotopic (exact) mass is 433 g/mol. The number of nitrogens with zero attached hydrogens (tertiary/aromatic N) is 4. The first-order chi connectivity index (χ1) is 15.6. The molecule has 168 valence electrons. The zero-order chi connectivity index (χ0) is 22.8. The minimum absolute atomic E-state index is 0.279. The number of rotatable bonds is 11. The lowest BCUT2D eigenvalue weighted by molar-refractivity contribution is 0.102. The number of anilines is 2. The number of aromatic nitrogens is 3. The van der Waals surface area contributed by atoms with Crippen molar-refractivity contribution in [3.63, 3.8) is 0 Å². The Hall–Kier alpha value is -3.48. The third-order valence-electron chi connectivity index (χ3n) is 4.80. The minimum Gasteiger partial charge on any atom is -0.477 e. The van der Waals surface area contributed by atoms with Crippen LogP contribution in [0.2, 0.25) is 0 Å². The Morgan fingerprint density at radius 2 is 1.84 bits per heavy atom. The highest BCUT2D eigenvalue weighted by molar-refractivity contribution is 6.03. The number of hydrogen-bond acceptors (Lipinski definition) is 6. The molecule has 2 aromatic heterocycles. The average Bonchev–Trinajstić information content (AvgIpc) is 2.79. The molecule has 7 heteroatoms. The van der Waals surface area contributed by atoms with Gasteiger partial charge in [0.2, 0.25) is 11.8 Å². The quantitative estimate of drug-likeness (QED) is 0.473. The van der Waals surface area contributed by atoms with Gasteiger partial charge in [-0.2, -0.15) is 4.98 Å². The summed E-state index contributed by atoms with van der Waals surface area (Å²) < 4.78 is 5.92. The predicted molar refractivity (Wildman–Crippen MR) is 127 cm³/mol. The zero-order valence-electron chi connectivity index (χ0n) is 19.0. The Kier molecular flexibility index (Phi) is 8.54. The lowest BCUT2D eigenvalue weighted by atomic mass is 10.2. The van der Waals surface area contributed by atoms with Crippen molar-refractivity contribution in [1.82, 2.24) is 15.0 Å². The van der Waals surface area contributed by atoms with Gasteiger partial charge in [0.25, 0.3) is 5.91 Å². The van der Waals surface area contributed by atoms with Crippen molar-refractivity contribution in [3.05, 3.63) is 71.7 Å². The Morgan fingerprint density at radius 1 is 1.03 bits per heavy atom. The third kappa shape index (κ3) is 6.77. The topological polar surface area (TPSA) is 80.2 Å². The second-order valence-electron chi connectivity index (χ2n) is 7.62. The van der Waals surface area contributed by atoms with E-state index in [0.29, 0.717) is 24.9 Å². The zero-order valence-corrected chi connectivity index (χ0v) is 19.0. The molecule has 0 atom stereocenters. The van der Waals surface area contributed by atoms with Crippen LogP contribution in [0.3, 0.4) is 0 Å². The van der Waals surface area contributed by atoms with Crippen LogP contribution in [-0.2, 0) is 6.42 Å². The van der Waals surface area contributed by atoms with Gasteiger partial charge in [-0.25, -0.2) is 4.98 Å². The fraction of sp³-hybridized carbons (Fsp3) is 0.360. The van der Waals surface area contributed by atoms with E-state index in [1.807, 2.05) is 49.4 Å². The van der Waals surface area contributed by atoms with Crippen molar-refractivity contribution >= 4 is 17.5 Å². The number of carbonyl (C=O) groups is 1. The Morgan fingerprint density at radius 3 is 2.53 bits per heavy atom. The molecular formula is C25H31N5O2. The van der Waals surface area contributed by atoms with E-state index in [1.165, 1.54) is 0 Å². The van der Waals surface area contributed by atoms with Crippen LogP contribution in [0, 0.1) is 6.92 Å². The highest BCUT2D eigenvalue weighted by Crippen LogP contribution is 2.19. The van der Waals surface area contributed by atoms with E-state index in [0.717, 1.165) is 42.9 Å². The van der Waals surface area contributed by atoms with E-state index >= 15 is 0 Å². The molecule has 1 aromatic carbocycles. The lowest BCUT2D eigenvalue weighted by Gasteiger charge is -2.22. The summed E-state index contributed by atoms with van der Waals surface area (Å²) in [4.78, 5) is 28.6. The molecule has 1 amide bonds. The number of carbonyl (C=O) groups excluding carboxylic acids is 1. The van der Waals surface area contributed by atoms with Crippen LogP contribution in [0.1, 0.15) is 48.4 Å². The van der Waals surface area contributed by atoms with Gasteiger partial charge in [0.15, 0.2) is 0 Å². The fourth-order valence-corrected chi connectivity index (χ4v) is 3.32. The molecule has 0 bridgehead atoms. The SMILES string of the molecule is CCCN(CCC)c1nc(OCCc2ccccn2)cc(C(=O)Nc2cccc(C)c2)n1. The first kappa shape index (κ1) is 23.2. The number of aryl methyl sites for hydroxylation is 1. The number of amides is 1. The normalized spacial score (nSPS) is 10.6. The van der Waals surface area contributed by atoms with Gasteiger partial charge in [-0.15, -0.1) is 0 Å². The van der Waals surface area contributed by atoms with Crippen LogP contribution in [0.15, 0.2) is 54.7 Å². The Balaban J connectivity index is 1.82. The van der Waals surface area contributed by atoms with Gasteiger partial charge in [-0.3, -0.25) is 9.78 Å². The summed E-state index contributed by atoms with van der Waals surface area (Å²) in [6.45, 7) is 8.24. The van der Waals surface area contributed by atoms with E-state index in [-0.39, 0.29) is 11.6 Å². The fourth-order valence-electron chi connectivity index (χ4n) is 3.32. The van der Waals surface area contributed by atoms with Crippen molar-refractivity contribution in [1.29, 1.82) is 0 Å². The summed E-state index contributed by atoms with van der Waals surface area (Å²) in [5.41, 5.74) is 3.02. The molecule has 2 heterocycles. The Labute approximate surface area is 189 Å². The van der Waals surface area contributed by atoms with E-state index in [1.54, 1.807) is 12.3 Å². The van der Waals surface area contributed by atoms with Crippen LogP contribution in [-0.4, -0.2) is 40.6 Å². The molecule has 3 aromatic rings. The first-order valence-electron chi connectivity index (χ1n) is 11.1. The molecule has 0 aliphatic carbocycles. The highest BCUT2D eigenvalue weighted by Gasteiger charge is 2.17. The molecule has 0 fully saturated rings. The summed E-state index contributed by atoms with van der Waals surface area (Å²) in [5.74, 6) is 0.609. The second kappa shape index (κ2) is 11.8. The molecule has 32 heavy (non-hydrogen) atoms. The van der Waals surface area contributed by atoms with E-state index in [9.17, 15) is 4.79 Å². The maximum Gasteiger partial charge on any atom is 0.274 e. The summed E-state index contributed by atoms with van der Waals surface area (Å²) in [6.07, 6.45) is 4.33. The van der Waals surface area contributed by atoms with Crippen LogP contribution in [0.5, 0.6) is 5.88 Å². The molecule has 0 radical (unpaired) electrons. The number of pyridine rings is 1. The molecule has 0 saturated heterocycles. The minimum atomic E-state index is -0.290. The number of hydrogen-bond donors (Lipinski definition) is 1. The number of ether oxygens (including phenoxy) is 1. The molecule has 0 unspecified atom stereocenters. The van der Waals surface area contributed by atoms with Crippen molar-refractivity contribution in [2.24, 2.45) is 0 Å². The number of benzene rings is 1. The molecule has 1 N–H and O–H groups in total. The Bertz CT molecular complexity index is 1000. The number of nitrogens with one attached hydrogen (secondary N) is 1. The molecule has 0 aliphatic heterocycles. The average molecular weight is 434 g/mol. The summed E-state index contributed by atoms with van der Waals surface area (Å²) >= 11 is 0. The van der Waals surface area contributed by atoms with Crippen molar-refractivity contribution in [2.45, 2.75) is 40.0 Å². The van der Waals surface area contributed by atoms with Crippen LogP contribution in [0.25, 0.3) is 0 Å². The van der Waals surface area contributed by atoms with Gasteiger partial charge in [0, 0.05) is 43.2 Å². The first-order valence-corrected chi connectivity index (χ1v) is 11.1. The highest BCUT2D eigenvalue weighted by atomic mass is 16.5. The van der Waals surface area contributed by atoms with Crippen molar-refractivity contribution in [2.75, 3.05) is 29.9 Å². The van der Waals surface area contributed by atoms with Crippen LogP contribution < -0.4 is 15.0 Å². The molecule has 0 aliphatic rings.